The van der Waals surface area contributed by atoms with Crippen molar-refractivity contribution in [3.8, 4) is 0 Å². The molecule has 2 aliphatic rings. The summed E-state index contributed by atoms with van der Waals surface area (Å²) in [6, 6.07) is 12.7. The third-order valence-electron chi connectivity index (χ3n) is 12.2. The molecule has 0 spiro atoms. The maximum Gasteiger partial charge on any atom is 0.243 e. The molecule has 0 saturated carbocycles. The van der Waals surface area contributed by atoms with Crippen LogP contribution in [0.2, 0.25) is 0 Å². The zero-order valence-electron chi connectivity index (χ0n) is 38.3. The summed E-state index contributed by atoms with van der Waals surface area (Å²) in [5.41, 5.74) is 9.80. The summed E-state index contributed by atoms with van der Waals surface area (Å²) in [7, 11) is 0. The van der Waals surface area contributed by atoms with E-state index in [2.05, 4.69) is 75.8 Å². The molecule has 12 nitrogen and oxygen atoms in total. The first-order chi connectivity index (χ1) is 28.3. The summed E-state index contributed by atoms with van der Waals surface area (Å²) in [6.45, 7) is 24.9. The average Bonchev–Trinajstić information content (AvgIpc) is 3.20. The maximum atomic E-state index is 14.5. The van der Waals surface area contributed by atoms with E-state index in [4.69, 9.17) is 5.73 Å². The van der Waals surface area contributed by atoms with Crippen molar-refractivity contribution in [1.29, 1.82) is 0 Å². The van der Waals surface area contributed by atoms with E-state index in [9.17, 15) is 24.0 Å². The van der Waals surface area contributed by atoms with Crippen molar-refractivity contribution >= 4 is 29.5 Å². The van der Waals surface area contributed by atoms with Crippen molar-refractivity contribution in [2.75, 3.05) is 32.7 Å². The van der Waals surface area contributed by atoms with Crippen molar-refractivity contribution in [3.63, 3.8) is 0 Å². The molecule has 0 unspecified atom stereocenters. The molecule has 0 aromatic heterocycles. The van der Waals surface area contributed by atoms with E-state index in [1.165, 1.54) is 0 Å². The van der Waals surface area contributed by atoms with Gasteiger partial charge in [0.1, 0.15) is 18.1 Å². The first kappa shape index (κ1) is 48.4. The molecule has 0 aliphatic carbocycles. The number of carbonyl (C=O) groups is 5. The van der Waals surface area contributed by atoms with Gasteiger partial charge < -0.3 is 26.2 Å². The topological polar surface area (TPSA) is 148 Å². The Morgan fingerprint density at radius 3 is 1.43 bits per heavy atom. The smallest absolute Gasteiger partial charge is 0.243 e. The van der Waals surface area contributed by atoms with Gasteiger partial charge in [-0.3, -0.25) is 33.8 Å². The molecule has 0 fully saturated rings. The van der Waals surface area contributed by atoms with E-state index in [0.717, 1.165) is 35.3 Å². The summed E-state index contributed by atoms with van der Waals surface area (Å²) in [5.74, 6) is -1.37. The standard InChI is InChI=1S/C48H75N7O5/c1-11-52(12-2)40(29-47(5,6)7)45(59)54-31-35-23-17-15-21-33(35)27-38(54)43(57)50-26-20-19-25-37(42(49)56)51-44(58)39-28-34-22-16-18-24-36(34)32-55(39)46(60)41(30-48(8,9)10)53(13-3)14-4/h15-18,21-24,37-41H,11-14,19-20,25-32H2,1-10H3,(H2,49,56)(H,50,57)(H,51,58)/t37-,38-,39-,40-,41-/m0/s1. The number of fused-ring (bicyclic) bond motifs is 2. The van der Waals surface area contributed by atoms with Gasteiger partial charge in [0.05, 0.1) is 12.1 Å². The Hall–Kier alpha value is -4.29. The number of benzene rings is 2. The number of likely N-dealkylation sites (N-methyl/N-ethyl adjacent to an activating group) is 2. The van der Waals surface area contributed by atoms with Gasteiger partial charge in [0, 0.05) is 32.5 Å². The van der Waals surface area contributed by atoms with Crippen LogP contribution in [0.25, 0.3) is 0 Å². The van der Waals surface area contributed by atoms with Gasteiger partial charge >= 0.3 is 0 Å². The molecule has 4 N–H and O–H groups in total. The SMILES string of the molecule is CCN(CC)[C@@H](CC(C)(C)C)C(=O)N1Cc2ccccc2C[C@H]1C(=O)NCCCC[C@H](NC(=O)[C@@H]1Cc2ccccc2CN1C(=O)[C@H](CC(C)(C)C)N(CC)CC)C(N)=O. The highest BCUT2D eigenvalue weighted by Crippen LogP contribution is 2.31. The fraction of sp³-hybridized carbons (Fsp3) is 0.646. The number of unbranched alkanes of at least 4 members (excludes halogenated alkanes) is 1. The highest BCUT2D eigenvalue weighted by Gasteiger charge is 2.42. The summed E-state index contributed by atoms with van der Waals surface area (Å²) >= 11 is 0. The first-order valence-corrected chi connectivity index (χ1v) is 22.4. The number of primary amides is 1. The van der Waals surface area contributed by atoms with Crippen LogP contribution in [-0.4, -0.2) is 112 Å². The molecule has 2 heterocycles. The zero-order chi connectivity index (χ0) is 44.4. The van der Waals surface area contributed by atoms with Crippen molar-refractivity contribution < 1.29 is 24.0 Å². The number of hydrogen-bond donors (Lipinski definition) is 3. The van der Waals surface area contributed by atoms with Gasteiger partial charge in [-0.2, -0.15) is 0 Å². The number of rotatable bonds is 19. The predicted molar refractivity (Wildman–Crippen MR) is 239 cm³/mol. The largest absolute Gasteiger partial charge is 0.368 e. The molecule has 332 valence electrons. The summed E-state index contributed by atoms with van der Waals surface area (Å²) in [4.78, 5) is 77.7. The minimum atomic E-state index is -0.946. The predicted octanol–water partition coefficient (Wildman–Crippen LogP) is 5.44. The van der Waals surface area contributed by atoms with Gasteiger partial charge in [-0.15, -0.1) is 0 Å². The van der Waals surface area contributed by atoms with Gasteiger partial charge in [0.25, 0.3) is 0 Å². The van der Waals surface area contributed by atoms with Crippen LogP contribution in [0, 0.1) is 10.8 Å². The Kier molecular flexibility index (Phi) is 17.3. The van der Waals surface area contributed by atoms with E-state index in [1.54, 1.807) is 9.80 Å². The molecule has 2 aromatic rings. The Morgan fingerprint density at radius 1 is 0.650 bits per heavy atom. The van der Waals surface area contributed by atoms with Crippen LogP contribution in [0.15, 0.2) is 48.5 Å². The van der Waals surface area contributed by atoms with Gasteiger partial charge in [-0.05, 0) is 91.4 Å². The third-order valence-corrected chi connectivity index (χ3v) is 12.2. The molecule has 5 atom stereocenters. The Balaban J connectivity index is 1.43. The number of carbonyl (C=O) groups excluding carboxylic acids is 5. The summed E-state index contributed by atoms with van der Waals surface area (Å²) in [6.07, 6.45) is 3.40. The lowest BCUT2D eigenvalue weighted by atomic mass is 9.85. The van der Waals surface area contributed by atoms with Crippen LogP contribution < -0.4 is 16.4 Å². The molecule has 2 aromatic carbocycles. The molecule has 0 bridgehead atoms. The maximum absolute atomic E-state index is 14.5. The van der Waals surface area contributed by atoms with Crippen molar-refractivity contribution in [1.82, 2.24) is 30.2 Å². The molecular formula is C48H75N7O5. The number of nitrogens with two attached hydrogens (primary N) is 1. The molecular weight excluding hydrogens is 755 g/mol. The number of nitrogens with zero attached hydrogens (tertiary/aromatic N) is 4. The zero-order valence-corrected chi connectivity index (χ0v) is 38.3. The van der Waals surface area contributed by atoms with E-state index < -0.39 is 36.0 Å². The minimum Gasteiger partial charge on any atom is -0.368 e. The first-order valence-electron chi connectivity index (χ1n) is 22.4. The lowest BCUT2D eigenvalue weighted by molar-refractivity contribution is -0.147. The lowest BCUT2D eigenvalue weighted by Gasteiger charge is -2.42. The Labute approximate surface area is 360 Å². The van der Waals surface area contributed by atoms with Crippen molar-refractivity contribution in [2.24, 2.45) is 16.6 Å². The molecule has 5 amide bonds. The van der Waals surface area contributed by atoms with Crippen LogP contribution in [-0.2, 0) is 49.9 Å². The highest BCUT2D eigenvalue weighted by molar-refractivity contribution is 5.93. The van der Waals surface area contributed by atoms with Crippen LogP contribution >= 0.6 is 0 Å². The minimum absolute atomic E-state index is 0.0252. The molecule has 0 radical (unpaired) electrons. The third kappa shape index (κ3) is 12.9. The number of nitrogens with one attached hydrogen (secondary N) is 2. The quantitative estimate of drug-likeness (QED) is 0.160. The Morgan fingerprint density at radius 2 is 1.05 bits per heavy atom. The second kappa shape index (κ2) is 21.5. The van der Waals surface area contributed by atoms with Gasteiger partial charge in [-0.25, -0.2) is 0 Å². The van der Waals surface area contributed by atoms with Crippen molar-refractivity contribution in [3.05, 3.63) is 70.8 Å². The molecule has 0 saturated heterocycles. The van der Waals surface area contributed by atoms with Crippen LogP contribution in [0.4, 0.5) is 0 Å². The van der Waals surface area contributed by atoms with Gasteiger partial charge in [0.15, 0.2) is 0 Å². The van der Waals surface area contributed by atoms with Gasteiger partial charge in [0.2, 0.25) is 29.5 Å². The van der Waals surface area contributed by atoms with Crippen LogP contribution in [0.5, 0.6) is 0 Å². The second-order valence-electron chi connectivity index (χ2n) is 19.2. The van der Waals surface area contributed by atoms with E-state index >= 15 is 0 Å². The van der Waals surface area contributed by atoms with E-state index in [-0.39, 0.29) is 41.0 Å². The fourth-order valence-corrected chi connectivity index (χ4v) is 8.95. The van der Waals surface area contributed by atoms with Crippen LogP contribution in [0.3, 0.4) is 0 Å². The van der Waals surface area contributed by atoms with E-state index in [0.29, 0.717) is 71.2 Å². The number of hydrogen-bond acceptors (Lipinski definition) is 7. The van der Waals surface area contributed by atoms with Crippen LogP contribution in [0.1, 0.15) is 124 Å². The molecule has 60 heavy (non-hydrogen) atoms. The second-order valence-corrected chi connectivity index (χ2v) is 19.2. The van der Waals surface area contributed by atoms with E-state index in [1.807, 2.05) is 62.4 Å². The fourth-order valence-electron chi connectivity index (χ4n) is 8.95. The molecule has 2 aliphatic heterocycles. The number of amides is 5. The molecule has 4 rings (SSSR count). The monoisotopic (exact) mass is 830 g/mol. The molecule has 12 heteroatoms. The van der Waals surface area contributed by atoms with Crippen molar-refractivity contribution in [2.45, 2.75) is 157 Å². The lowest BCUT2D eigenvalue weighted by Crippen LogP contribution is -2.60. The highest BCUT2D eigenvalue weighted by atomic mass is 16.2. The average molecular weight is 830 g/mol. The summed E-state index contributed by atoms with van der Waals surface area (Å²) in [5, 5.41) is 6.00. The Bertz CT molecular complexity index is 1780. The normalized spacial score (nSPS) is 18.3. The summed E-state index contributed by atoms with van der Waals surface area (Å²) < 4.78 is 0. The van der Waals surface area contributed by atoms with Gasteiger partial charge in [-0.1, -0.05) is 118 Å².